The van der Waals surface area contributed by atoms with E-state index in [4.69, 9.17) is 9.84 Å². The van der Waals surface area contributed by atoms with E-state index in [1.165, 1.54) is 0 Å². The maximum Gasteiger partial charge on any atom is 0.225 e. The standard InChI is InChI=1S/C17H24N6O2/c24-10-6-20-17-21-15(14-3-1-2-4-18-14)13-16(22-17)19-5-7-23-8-11-25-12-9-23/h1-4,13,24H,5-12H2,(H2,19,20,21,22). The summed E-state index contributed by atoms with van der Waals surface area (Å²) in [4.78, 5) is 15.7. The van der Waals surface area contributed by atoms with Crippen molar-refractivity contribution in [3.8, 4) is 11.4 Å². The Bertz CT molecular complexity index is 649. The van der Waals surface area contributed by atoms with E-state index < -0.39 is 0 Å². The second-order valence-electron chi connectivity index (χ2n) is 5.71. The first-order valence-corrected chi connectivity index (χ1v) is 8.54. The maximum absolute atomic E-state index is 9.01. The number of aliphatic hydroxyl groups is 1. The Labute approximate surface area is 147 Å². The summed E-state index contributed by atoms with van der Waals surface area (Å²) in [5, 5.41) is 15.4. The van der Waals surface area contributed by atoms with Crippen LogP contribution in [0.3, 0.4) is 0 Å². The summed E-state index contributed by atoms with van der Waals surface area (Å²) >= 11 is 0. The van der Waals surface area contributed by atoms with Gasteiger partial charge in [-0.15, -0.1) is 0 Å². The molecule has 3 N–H and O–H groups in total. The van der Waals surface area contributed by atoms with Crippen LogP contribution in [0.5, 0.6) is 0 Å². The van der Waals surface area contributed by atoms with Crippen molar-refractivity contribution < 1.29 is 9.84 Å². The topological polar surface area (TPSA) is 95.4 Å². The third-order valence-electron chi connectivity index (χ3n) is 3.89. The van der Waals surface area contributed by atoms with Crippen molar-refractivity contribution in [2.45, 2.75) is 0 Å². The molecule has 0 bridgehead atoms. The molecule has 0 spiro atoms. The average molecular weight is 344 g/mol. The van der Waals surface area contributed by atoms with Crippen molar-refractivity contribution in [1.82, 2.24) is 19.9 Å². The van der Waals surface area contributed by atoms with Crippen LogP contribution in [0.2, 0.25) is 0 Å². The second kappa shape index (κ2) is 9.26. The fourth-order valence-corrected chi connectivity index (χ4v) is 2.60. The third-order valence-corrected chi connectivity index (χ3v) is 3.89. The van der Waals surface area contributed by atoms with Gasteiger partial charge in [0.1, 0.15) is 5.82 Å². The Balaban J connectivity index is 1.68. The number of rotatable bonds is 8. The van der Waals surface area contributed by atoms with Crippen molar-refractivity contribution in [2.24, 2.45) is 0 Å². The van der Waals surface area contributed by atoms with E-state index in [-0.39, 0.29) is 6.61 Å². The molecule has 1 aliphatic rings. The second-order valence-corrected chi connectivity index (χ2v) is 5.71. The number of ether oxygens (including phenoxy) is 1. The quantitative estimate of drug-likeness (QED) is 0.644. The van der Waals surface area contributed by atoms with Gasteiger partial charge < -0.3 is 20.5 Å². The van der Waals surface area contributed by atoms with Crippen LogP contribution in [0.15, 0.2) is 30.5 Å². The van der Waals surface area contributed by atoms with Gasteiger partial charge in [0.15, 0.2) is 0 Å². The molecule has 0 unspecified atom stereocenters. The number of aliphatic hydroxyl groups excluding tert-OH is 1. The summed E-state index contributed by atoms with van der Waals surface area (Å²) in [5.74, 6) is 1.22. The van der Waals surface area contributed by atoms with Gasteiger partial charge in [0, 0.05) is 45.0 Å². The summed E-state index contributed by atoms with van der Waals surface area (Å²) in [7, 11) is 0. The van der Waals surface area contributed by atoms with Gasteiger partial charge in [0.2, 0.25) is 5.95 Å². The van der Waals surface area contributed by atoms with Crippen molar-refractivity contribution in [2.75, 3.05) is 63.2 Å². The molecule has 0 amide bonds. The molecule has 3 rings (SSSR count). The molecule has 0 aromatic carbocycles. The van der Waals surface area contributed by atoms with Gasteiger partial charge in [0.05, 0.1) is 31.2 Å². The van der Waals surface area contributed by atoms with Gasteiger partial charge in [-0.05, 0) is 12.1 Å². The van der Waals surface area contributed by atoms with Crippen LogP contribution < -0.4 is 10.6 Å². The van der Waals surface area contributed by atoms with E-state index in [1.54, 1.807) is 6.20 Å². The Morgan fingerprint density at radius 1 is 1.08 bits per heavy atom. The number of hydrogen-bond donors (Lipinski definition) is 3. The molecule has 1 fully saturated rings. The molecule has 2 aromatic heterocycles. The minimum absolute atomic E-state index is 0.0248. The zero-order chi connectivity index (χ0) is 17.3. The Kier molecular flexibility index (Phi) is 6.49. The predicted molar refractivity (Wildman–Crippen MR) is 96.6 cm³/mol. The molecule has 0 radical (unpaired) electrons. The fraction of sp³-hybridized carbons (Fsp3) is 0.471. The number of aromatic nitrogens is 3. The largest absolute Gasteiger partial charge is 0.395 e. The van der Waals surface area contributed by atoms with E-state index in [9.17, 15) is 0 Å². The molecular formula is C17H24N6O2. The monoisotopic (exact) mass is 344 g/mol. The summed E-state index contributed by atoms with van der Waals surface area (Å²) in [6.45, 7) is 5.68. The lowest BCUT2D eigenvalue weighted by molar-refractivity contribution is 0.0398. The molecule has 0 saturated carbocycles. The number of hydrogen-bond acceptors (Lipinski definition) is 8. The van der Waals surface area contributed by atoms with Crippen molar-refractivity contribution in [3.05, 3.63) is 30.5 Å². The highest BCUT2D eigenvalue weighted by Gasteiger charge is 2.11. The molecule has 8 heteroatoms. The Hall–Kier alpha value is -2.29. The van der Waals surface area contributed by atoms with Gasteiger partial charge in [-0.1, -0.05) is 6.07 Å². The number of pyridine rings is 1. The number of nitrogens with one attached hydrogen (secondary N) is 2. The van der Waals surface area contributed by atoms with E-state index in [2.05, 4.69) is 30.5 Å². The van der Waals surface area contributed by atoms with Gasteiger partial charge >= 0.3 is 0 Å². The Morgan fingerprint density at radius 2 is 1.96 bits per heavy atom. The Morgan fingerprint density at radius 3 is 2.72 bits per heavy atom. The van der Waals surface area contributed by atoms with E-state index in [1.807, 2.05) is 24.3 Å². The van der Waals surface area contributed by atoms with Gasteiger partial charge in [0.25, 0.3) is 0 Å². The first kappa shape index (κ1) is 17.5. The number of nitrogens with zero attached hydrogens (tertiary/aromatic N) is 4. The van der Waals surface area contributed by atoms with Gasteiger partial charge in [-0.25, -0.2) is 4.98 Å². The summed E-state index contributed by atoms with van der Waals surface area (Å²) < 4.78 is 5.36. The molecule has 0 atom stereocenters. The molecule has 8 nitrogen and oxygen atoms in total. The highest BCUT2D eigenvalue weighted by Crippen LogP contribution is 2.19. The first-order chi connectivity index (χ1) is 12.3. The molecule has 25 heavy (non-hydrogen) atoms. The highest BCUT2D eigenvalue weighted by atomic mass is 16.5. The number of morpholine rings is 1. The number of anilines is 2. The zero-order valence-corrected chi connectivity index (χ0v) is 14.2. The summed E-state index contributed by atoms with van der Waals surface area (Å²) in [5.41, 5.74) is 1.53. The molecule has 0 aliphatic carbocycles. The smallest absolute Gasteiger partial charge is 0.225 e. The summed E-state index contributed by atoms with van der Waals surface area (Å²) in [6, 6.07) is 7.61. The van der Waals surface area contributed by atoms with Crippen molar-refractivity contribution in [3.63, 3.8) is 0 Å². The molecule has 1 aliphatic heterocycles. The van der Waals surface area contributed by atoms with Crippen LogP contribution in [-0.2, 0) is 4.74 Å². The third kappa shape index (κ3) is 5.35. The van der Waals surface area contributed by atoms with E-state index in [0.29, 0.717) is 12.5 Å². The lowest BCUT2D eigenvalue weighted by Gasteiger charge is -2.26. The lowest BCUT2D eigenvalue weighted by atomic mass is 10.2. The van der Waals surface area contributed by atoms with Crippen LogP contribution in [0.1, 0.15) is 0 Å². The lowest BCUT2D eigenvalue weighted by Crippen LogP contribution is -2.39. The molecule has 2 aromatic rings. The molecule has 3 heterocycles. The van der Waals surface area contributed by atoms with Crippen LogP contribution in [0.4, 0.5) is 11.8 Å². The normalized spacial score (nSPS) is 15.1. The fourth-order valence-electron chi connectivity index (χ4n) is 2.60. The molecule has 134 valence electrons. The first-order valence-electron chi connectivity index (χ1n) is 8.54. The zero-order valence-electron chi connectivity index (χ0n) is 14.2. The average Bonchev–Trinajstić information content (AvgIpc) is 2.68. The van der Waals surface area contributed by atoms with Crippen molar-refractivity contribution >= 4 is 11.8 Å². The van der Waals surface area contributed by atoms with Crippen LogP contribution >= 0.6 is 0 Å². The minimum Gasteiger partial charge on any atom is -0.395 e. The minimum atomic E-state index is 0.0248. The predicted octanol–water partition coefficient (Wildman–Crippen LogP) is 0.687. The van der Waals surface area contributed by atoms with Crippen molar-refractivity contribution in [1.29, 1.82) is 0 Å². The van der Waals surface area contributed by atoms with Gasteiger partial charge in [-0.3, -0.25) is 9.88 Å². The van der Waals surface area contributed by atoms with Crippen LogP contribution in [0, 0.1) is 0 Å². The summed E-state index contributed by atoms with van der Waals surface area (Å²) in [6.07, 6.45) is 1.74. The van der Waals surface area contributed by atoms with Gasteiger partial charge in [-0.2, -0.15) is 4.98 Å². The van der Waals surface area contributed by atoms with Crippen LogP contribution in [-0.4, -0.2) is 77.5 Å². The molecule has 1 saturated heterocycles. The highest BCUT2D eigenvalue weighted by molar-refractivity contribution is 5.60. The maximum atomic E-state index is 9.01. The van der Waals surface area contributed by atoms with Crippen LogP contribution in [0.25, 0.3) is 11.4 Å². The van der Waals surface area contributed by atoms with E-state index >= 15 is 0 Å². The van der Waals surface area contributed by atoms with E-state index in [0.717, 1.165) is 56.6 Å². The SMILES string of the molecule is OCCNc1nc(NCCN2CCOCC2)cc(-c2ccccn2)n1. The molecular weight excluding hydrogens is 320 g/mol.